The number of nitrogens with one attached hydrogen (secondary N) is 1. The summed E-state index contributed by atoms with van der Waals surface area (Å²) in [6.07, 6.45) is 1.59. The first-order chi connectivity index (χ1) is 12.7. The summed E-state index contributed by atoms with van der Waals surface area (Å²) in [4.78, 5) is 11.7. The molecule has 0 aliphatic carbocycles. The van der Waals surface area contributed by atoms with Crippen molar-refractivity contribution in [3.63, 3.8) is 0 Å². The maximum absolute atomic E-state index is 11.7. The number of carbonyl (C=O) groups excluding carboxylic acids is 1. The van der Waals surface area contributed by atoms with Crippen molar-refractivity contribution in [3.05, 3.63) is 89.4 Å². The Hall–Kier alpha value is -3.11. The quantitative estimate of drug-likeness (QED) is 0.516. The van der Waals surface area contributed by atoms with E-state index in [0.29, 0.717) is 10.8 Å². The van der Waals surface area contributed by atoms with Gasteiger partial charge in [0.1, 0.15) is 5.75 Å². The molecule has 0 unspecified atom stereocenters. The average molecular weight is 365 g/mol. The van der Waals surface area contributed by atoms with Gasteiger partial charge < -0.3 is 4.74 Å². The van der Waals surface area contributed by atoms with E-state index in [1.165, 1.54) is 0 Å². The number of hydrogen-bond donors (Lipinski definition) is 1. The zero-order valence-corrected chi connectivity index (χ0v) is 14.7. The van der Waals surface area contributed by atoms with Gasteiger partial charge in [0, 0.05) is 5.02 Å². The van der Waals surface area contributed by atoms with Crippen LogP contribution >= 0.6 is 11.6 Å². The molecule has 0 aromatic heterocycles. The van der Waals surface area contributed by atoms with Gasteiger partial charge in [0.05, 0.1) is 6.21 Å². The highest BCUT2D eigenvalue weighted by molar-refractivity contribution is 6.30. The largest absolute Gasteiger partial charge is 0.484 e. The van der Waals surface area contributed by atoms with E-state index in [2.05, 4.69) is 22.7 Å². The Morgan fingerprint density at radius 2 is 1.58 bits per heavy atom. The van der Waals surface area contributed by atoms with Crippen LogP contribution in [0.1, 0.15) is 5.56 Å². The van der Waals surface area contributed by atoms with Crippen LogP contribution in [0.3, 0.4) is 0 Å². The molecular weight excluding hydrogens is 348 g/mol. The van der Waals surface area contributed by atoms with E-state index in [0.717, 1.165) is 16.7 Å². The molecule has 5 heteroatoms. The Labute approximate surface area is 157 Å². The Morgan fingerprint density at radius 3 is 2.27 bits per heavy atom. The van der Waals surface area contributed by atoms with Crippen LogP contribution in [0.15, 0.2) is 84.0 Å². The lowest BCUT2D eigenvalue weighted by Gasteiger charge is -2.05. The number of halogens is 1. The van der Waals surface area contributed by atoms with Crippen LogP contribution in [0.25, 0.3) is 11.1 Å². The van der Waals surface area contributed by atoms with Gasteiger partial charge in [-0.05, 0) is 41.0 Å². The van der Waals surface area contributed by atoms with E-state index in [-0.39, 0.29) is 12.5 Å². The standard InChI is InChI=1S/C21H17ClN2O2/c22-19-10-12-20(13-11-19)26-15-21(25)24-23-14-16-6-8-18(9-7-16)17-4-2-1-3-5-17/h1-14H,15H2,(H,24,25). The zero-order valence-electron chi connectivity index (χ0n) is 13.9. The first-order valence-corrected chi connectivity index (χ1v) is 8.44. The normalized spacial score (nSPS) is 10.7. The molecule has 0 fully saturated rings. The van der Waals surface area contributed by atoms with Crippen LogP contribution < -0.4 is 10.2 Å². The van der Waals surface area contributed by atoms with Crippen molar-refractivity contribution in [1.82, 2.24) is 5.43 Å². The highest BCUT2D eigenvalue weighted by Gasteiger charge is 2.01. The number of rotatable bonds is 6. The van der Waals surface area contributed by atoms with Gasteiger partial charge in [0.15, 0.2) is 6.61 Å². The third-order valence-corrected chi connectivity index (χ3v) is 3.86. The molecule has 0 radical (unpaired) electrons. The minimum atomic E-state index is -0.336. The van der Waals surface area contributed by atoms with Gasteiger partial charge in [-0.2, -0.15) is 5.10 Å². The molecule has 0 heterocycles. The van der Waals surface area contributed by atoms with Crippen molar-refractivity contribution < 1.29 is 9.53 Å². The lowest BCUT2D eigenvalue weighted by molar-refractivity contribution is -0.123. The summed E-state index contributed by atoms with van der Waals surface area (Å²) in [5.74, 6) is 0.238. The van der Waals surface area contributed by atoms with Crippen LogP contribution in [0, 0.1) is 0 Å². The fourth-order valence-corrected chi connectivity index (χ4v) is 2.41. The molecule has 0 aliphatic rings. The third kappa shape index (κ3) is 5.19. The van der Waals surface area contributed by atoms with Crippen molar-refractivity contribution >= 4 is 23.7 Å². The molecule has 26 heavy (non-hydrogen) atoms. The molecule has 1 N–H and O–H groups in total. The lowest BCUT2D eigenvalue weighted by Crippen LogP contribution is -2.24. The Balaban J connectivity index is 1.48. The van der Waals surface area contributed by atoms with E-state index >= 15 is 0 Å². The maximum Gasteiger partial charge on any atom is 0.277 e. The second kappa shape index (κ2) is 8.83. The fraction of sp³-hybridized carbons (Fsp3) is 0.0476. The van der Waals surface area contributed by atoms with Crippen molar-refractivity contribution in [2.75, 3.05) is 6.61 Å². The Kier molecular flexibility index (Phi) is 6.01. The molecule has 4 nitrogen and oxygen atoms in total. The van der Waals surface area contributed by atoms with Crippen LogP contribution in [-0.4, -0.2) is 18.7 Å². The number of hydrazone groups is 1. The highest BCUT2D eigenvalue weighted by atomic mass is 35.5. The van der Waals surface area contributed by atoms with Crippen LogP contribution in [-0.2, 0) is 4.79 Å². The van der Waals surface area contributed by atoms with Crippen molar-refractivity contribution in [2.45, 2.75) is 0 Å². The summed E-state index contributed by atoms with van der Waals surface area (Å²) in [5, 5.41) is 4.56. The molecular formula is C21H17ClN2O2. The second-order valence-electron chi connectivity index (χ2n) is 5.52. The van der Waals surface area contributed by atoms with Crippen molar-refractivity contribution in [2.24, 2.45) is 5.10 Å². The van der Waals surface area contributed by atoms with Gasteiger partial charge >= 0.3 is 0 Å². The minimum Gasteiger partial charge on any atom is -0.484 e. The predicted octanol–water partition coefficient (Wildman–Crippen LogP) is 4.54. The molecule has 3 rings (SSSR count). The van der Waals surface area contributed by atoms with Crippen molar-refractivity contribution in [3.8, 4) is 16.9 Å². The van der Waals surface area contributed by atoms with Crippen LogP contribution in [0.5, 0.6) is 5.75 Å². The summed E-state index contributed by atoms with van der Waals surface area (Å²) in [6.45, 7) is -0.119. The lowest BCUT2D eigenvalue weighted by atomic mass is 10.0. The monoisotopic (exact) mass is 364 g/mol. The maximum atomic E-state index is 11.7. The second-order valence-corrected chi connectivity index (χ2v) is 5.96. The van der Waals surface area contributed by atoms with Gasteiger partial charge in [-0.3, -0.25) is 4.79 Å². The first kappa shape index (κ1) is 17.7. The van der Waals surface area contributed by atoms with E-state index in [1.54, 1.807) is 30.5 Å². The summed E-state index contributed by atoms with van der Waals surface area (Å²) < 4.78 is 5.35. The topological polar surface area (TPSA) is 50.7 Å². The van der Waals surface area contributed by atoms with Crippen LogP contribution in [0.2, 0.25) is 5.02 Å². The smallest absolute Gasteiger partial charge is 0.277 e. The van der Waals surface area contributed by atoms with Gasteiger partial charge in [-0.1, -0.05) is 66.2 Å². The number of nitrogens with zero attached hydrogens (tertiary/aromatic N) is 1. The molecule has 0 bridgehead atoms. The molecule has 0 saturated carbocycles. The Bertz CT molecular complexity index is 876. The fourth-order valence-electron chi connectivity index (χ4n) is 2.28. The highest BCUT2D eigenvalue weighted by Crippen LogP contribution is 2.18. The average Bonchev–Trinajstić information content (AvgIpc) is 2.69. The summed E-state index contributed by atoms with van der Waals surface area (Å²) in [5.41, 5.74) is 5.61. The Morgan fingerprint density at radius 1 is 0.923 bits per heavy atom. The number of benzene rings is 3. The van der Waals surface area contributed by atoms with E-state index < -0.39 is 0 Å². The summed E-state index contributed by atoms with van der Waals surface area (Å²) in [7, 11) is 0. The molecule has 130 valence electrons. The molecule has 3 aromatic rings. The molecule has 0 saturated heterocycles. The van der Waals surface area contributed by atoms with Crippen molar-refractivity contribution in [1.29, 1.82) is 0 Å². The molecule has 3 aromatic carbocycles. The molecule has 0 spiro atoms. The number of carbonyl (C=O) groups is 1. The zero-order chi connectivity index (χ0) is 18.2. The van der Waals surface area contributed by atoms with Gasteiger partial charge in [0.25, 0.3) is 5.91 Å². The number of hydrogen-bond acceptors (Lipinski definition) is 3. The third-order valence-electron chi connectivity index (χ3n) is 3.60. The number of ether oxygens (including phenoxy) is 1. The number of amides is 1. The van der Waals surface area contributed by atoms with Crippen LogP contribution in [0.4, 0.5) is 0 Å². The molecule has 0 atom stereocenters. The van der Waals surface area contributed by atoms with E-state index in [9.17, 15) is 4.79 Å². The van der Waals surface area contributed by atoms with Gasteiger partial charge in [-0.15, -0.1) is 0 Å². The summed E-state index contributed by atoms with van der Waals surface area (Å²) >= 11 is 5.79. The van der Waals surface area contributed by atoms with E-state index in [4.69, 9.17) is 16.3 Å². The SMILES string of the molecule is O=C(COc1ccc(Cl)cc1)NN=Cc1ccc(-c2ccccc2)cc1. The van der Waals surface area contributed by atoms with E-state index in [1.807, 2.05) is 42.5 Å². The molecule has 0 aliphatic heterocycles. The molecule has 1 amide bonds. The minimum absolute atomic E-state index is 0.119. The van der Waals surface area contributed by atoms with Gasteiger partial charge in [-0.25, -0.2) is 5.43 Å². The first-order valence-electron chi connectivity index (χ1n) is 8.06. The van der Waals surface area contributed by atoms with Gasteiger partial charge in [0.2, 0.25) is 0 Å². The predicted molar refractivity (Wildman–Crippen MR) is 105 cm³/mol. The summed E-state index contributed by atoms with van der Waals surface area (Å²) in [6, 6.07) is 24.9.